The minimum atomic E-state index is -3.64. The average Bonchev–Trinajstić information content (AvgIpc) is 2.78. The first-order valence-corrected chi connectivity index (χ1v) is 11.9. The van der Waals surface area contributed by atoms with Crippen LogP contribution in [0.1, 0.15) is 40.9 Å². The standard InChI is InChI=1S/C23H31N3O4S/c1-5-22(18-7-9-19(30-4)10-8-18)24-23(27)21-16-20(11-6-17(21)2)31(28,29)26-14-12-25(3)13-15-26/h6-11,16,22H,5,12-15H2,1-4H3,(H,24,27)/t22-/m0/s1. The lowest BCUT2D eigenvalue weighted by Crippen LogP contribution is -2.47. The van der Waals surface area contributed by atoms with E-state index in [0.29, 0.717) is 38.2 Å². The summed E-state index contributed by atoms with van der Waals surface area (Å²) in [7, 11) is -0.0508. The van der Waals surface area contributed by atoms with Crippen LogP contribution in [0.4, 0.5) is 0 Å². The van der Waals surface area contributed by atoms with Gasteiger partial charge < -0.3 is 15.0 Å². The lowest BCUT2D eigenvalue weighted by Gasteiger charge is -2.31. The third kappa shape index (κ3) is 5.26. The Morgan fingerprint density at radius 3 is 2.32 bits per heavy atom. The zero-order valence-corrected chi connectivity index (χ0v) is 19.4. The number of nitrogens with one attached hydrogen (secondary N) is 1. The molecule has 8 heteroatoms. The molecule has 0 unspecified atom stereocenters. The number of likely N-dealkylation sites (N-methyl/N-ethyl adjacent to an activating group) is 1. The first kappa shape index (κ1) is 23.2. The summed E-state index contributed by atoms with van der Waals surface area (Å²) in [6.07, 6.45) is 0.705. The number of ether oxygens (including phenoxy) is 1. The molecule has 0 aliphatic carbocycles. The Morgan fingerprint density at radius 1 is 1.10 bits per heavy atom. The highest BCUT2D eigenvalue weighted by molar-refractivity contribution is 7.89. The topological polar surface area (TPSA) is 79.0 Å². The number of hydrogen-bond acceptors (Lipinski definition) is 5. The van der Waals surface area contributed by atoms with E-state index < -0.39 is 10.0 Å². The van der Waals surface area contributed by atoms with Crippen molar-refractivity contribution in [1.82, 2.24) is 14.5 Å². The van der Waals surface area contributed by atoms with Crippen LogP contribution in [0.5, 0.6) is 5.75 Å². The lowest BCUT2D eigenvalue weighted by atomic mass is 10.0. The molecule has 0 radical (unpaired) electrons. The maximum Gasteiger partial charge on any atom is 0.252 e. The summed E-state index contributed by atoms with van der Waals surface area (Å²) in [5, 5.41) is 3.05. The number of benzene rings is 2. The number of hydrogen-bond donors (Lipinski definition) is 1. The van der Waals surface area contributed by atoms with Crippen LogP contribution in [0.15, 0.2) is 47.4 Å². The van der Waals surface area contributed by atoms with Crippen LogP contribution in [0.3, 0.4) is 0 Å². The summed E-state index contributed by atoms with van der Waals surface area (Å²) in [6, 6.07) is 12.2. The van der Waals surface area contributed by atoms with Crippen molar-refractivity contribution < 1.29 is 17.9 Å². The fourth-order valence-corrected chi connectivity index (χ4v) is 5.13. The van der Waals surface area contributed by atoms with Gasteiger partial charge >= 0.3 is 0 Å². The predicted molar refractivity (Wildman–Crippen MR) is 121 cm³/mol. The van der Waals surface area contributed by atoms with E-state index in [0.717, 1.165) is 16.9 Å². The Balaban J connectivity index is 1.82. The summed E-state index contributed by atoms with van der Waals surface area (Å²) in [5.41, 5.74) is 2.08. The van der Waals surface area contributed by atoms with E-state index >= 15 is 0 Å². The number of aryl methyl sites for hydroxylation is 1. The molecule has 1 fully saturated rings. The second-order valence-corrected chi connectivity index (χ2v) is 9.83. The van der Waals surface area contributed by atoms with Gasteiger partial charge in [0, 0.05) is 31.7 Å². The van der Waals surface area contributed by atoms with Crippen molar-refractivity contribution in [1.29, 1.82) is 0 Å². The molecule has 1 amide bonds. The smallest absolute Gasteiger partial charge is 0.252 e. The van der Waals surface area contributed by atoms with Crippen molar-refractivity contribution in [2.24, 2.45) is 0 Å². The van der Waals surface area contributed by atoms with E-state index in [1.807, 2.05) is 45.2 Å². The Labute approximate surface area is 185 Å². The number of rotatable bonds is 7. The van der Waals surface area contributed by atoms with Gasteiger partial charge in [0.05, 0.1) is 18.0 Å². The van der Waals surface area contributed by atoms with E-state index in [4.69, 9.17) is 4.74 Å². The molecule has 168 valence electrons. The molecule has 0 aromatic heterocycles. The highest BCUT2D eigenvalue weighted by Crippen LogP contribution is 2.24. The zero-order chi connectivity index (χ0) is 22.6. The van der Waals surface area contributed by atoms with Crippen molar-refractivity contribution in [3.63, 3.8) is 0 Å². The van der Waals surface area contributed by atoms with Crippen molar-refractivity contribution in [2.45, 2.75) is 31.2 Å². The molecular weight excluding hydrogens is 414 g/mol. The van der Waals surface area contributed by atoms with Gasteiger partial charge in [0.25, 0.3) is 5.91 Å². The highest BCUT2D eigenvalue weighted by Gasteiger charge is 2.28. The van der Waals surface area contributed by atoms with E-state index in [2.05, 4.69) is 10.2 Å². The Bertz CT molecular complexity index is 1010. The molecule has 0 bridgehead atoms. The number of sulfonamides is 1. The van der Waals surface area contributed by atoms with E-state index in [1.165, 1.54) is 10.4 Å². The molecule has 1 saturated heterocycles. The minimum Gasteiger partial charge on any atom is -0.497 e. The number of amides is 1. The first-order valence-electron chi connectivity index (χ1n) is 10.5. The lowest BCUT2D eigenvalue weighted by molar-refractivity contribution is 0.0934. The van der Waals surface area contributed by atoms with Crippen LogP contribution in [0.25, 0.3) is 0 Å². The molecule has 31 heavy (non-hydrogen) atoms. The number of methoxy groups -OCH3 is 1. The number of carbonyl (C=O) groups is 1. The van der Waals surface area contributed by atoms with Crippen LogP contribution in [-0.4, -0.2) is 63.9 Å². The normalized spacial score (nSPS) is 16.6. The Morgan fingerprint density at radius 2 is 1.74 bits per heavy atom. The van der Waals surface area contributed by atoms with Gasteiger partial charge in [-0.25, -0.2) is 8.42 Å². The van der Waals surface area contributed by atoms with Crippen LogP contribution < -0.4 is 10.1 Å². The molecule has 1 heterocycles. The third-order valence-electron chi connectivity index (χ3n) is 5.79. The van der Waals surface area contributed by atoms with Crippen LogP contribution in [0.2, 0.25) is 0 Å². The molecule has 3 rings (SSSR count). The third-order valence-corrected chi connectivity index (χ3v) is 7.68. The van der Waals surface area contributed by atoms with Gasteiger partial charge in [-0.15, -0.1) is 0 Å². The van der Waals surface area contributed by atoms with Crippen LogP contribution in [0, 0.1) is 6.92 Å². The maximum atomic E-state index is 13.1. The second-order valence-electron chi connectivity index (χ2n) is 7.89. The van der Waals surface area contributed by atoms with Gasteiger partial charge in [-0.3, -0.25) is 4.79 Å². The summed E-state index contributed by atoms with van der Waals surface area (Å²) in [5.74, 6) is 0.471. The number of nitrogens with zero attached hydrogens (tertiary/aromatic N) is 2. The summed E-state index contributed by atoms with van der Waals surface area (Å²) in [4.78, 5) is 15.3. The molecule has 7 nitrogen and oxygen atoms in total. The Hall–Kier alpha value is -2.42. The maximum absolute atomic E-state index is 13.1. The van der Waals surface area contributed by atoms with Gasteiger partial charge in [-0.2, -0.15) is 4.31 Å². The molecule has 2 aromatic carbocycles. The molecule has 1 N–H and O–H groups in total. The van der Waals surface area contributed by atoms with E-state index in [9.17, 15) is 13.2 Å². The minimum absolute atomic E-state index is 0.158. The highest BCUT2D eigenvalue weighted by atomic mass is 32.2. The summed E-state index contributed by atoms with van der Waals surface area (Å²) >= 11 is 0. The fourth-order valence-electron chi connectivity index (χ4n) is 3.68. The molecule has 2 aromatic rings. The van der Waals surface area contributed by atoms with Crippen molar-refractivity contribution in [2.75, 3.05) is 40.3 Å². The van der Waals surface area contributed by atoms with Crippen LogP contribution >= 0.6 is 0 Å². The number of carbonyl (C=O) groups excluding carboxylic acids is 1. The van der Waals surface area contributed by atoms with Crippen molar-refractivity contribution in [3.8, 4) is 5.75 Å². The largest absolute Gasteiger partial charge is 0.497 e. The molecule has 1 aliphatic heterocycles. The van der Waals surface area contributed by atoms with E-state index in [-0.39, 0.29) is 16.8 Å². The molecule has 1 atom stereocenters. The van der Waals surface area contributed by atoms with Gasteiger partial charge in [0.1, 0.15) is 5.75 Å². The van der Waals surface area contributed by atoms with Gasteiger partial charge in [0.2, 0.25) is 10.0 Å². The SMILES string of the molecule is CC[C@H](NC(=O)c1cc(S(=O)(=O)N2CCN(C)CC2)ccc1C)c1ccc(OC)cc1. The predicted octanol–water partition coefficient (Wildman–Crippen LogP) is 2.82. The Kier molecular flexibility index (Phi) is 7.35. The first-order chi connectivity index (χ1) is 14.8. The molecule has 1 aliphatic rings. The van der Waals surface area contributed by atoms with Gasteiger partial charge in [0.15, 0.2) is 0 Å². The fraction of sp³-hybridized carbons (Fsp3) is 0.435. The average molecular weight is 446 g/mol. The van der Waals surface area contributed by atoms with Gasteiger partial charge in [-0.05, 0) is 55.8 Å². The monoisotopic (exact) mass is 445 g/mol. The zero-order valence-electron chi connectivity index (χ0n) is 18.6. The quantitative estimate of drug-likeness (QED) is 0.709. The second kappa shape index (κ2) is 9.80. The summed E-state index contributed by atoms with van der Waals surface area (Å²) in [6.45, 7) is 6.09. The summed E-state index contributed by atoms with van der Waals surface area (Å²) < 4.78 is 32.9. The van der Waals surface area contributed by atoms with Crippen molar-refractivity contribution in [3.05, 3.63) is 59.2 Å². The van der Waals surface area contributed by atoms with Crippen molar-refractivity contribution >= 4 is 15.9 Å². The van der Waals surface area contributed by atoms with E-state index in [1.54, 1.807) is 19.2 Å². The van der Waals surface area contributed by atoms with Gasteiger partial charge in [-0.1, -0.05) is 25.1 Å². The number of piperazine rings is 1. The molecular formula is C23H31N3O4S. The molecule has 0 saturated carbocycles. The molecule has 0 spiro atoms. The van der Waals surface area contributed by atoms with Crippen LogP contribution in [-0.2, 0) is 10.0 Å².